The van der Waals surface area contributed by atoms with Gasteiger partial charge >= 0.3 is 0 Å². The van der Waals surface area contributed by atoms with Crippen LogP contribution in [0.3, 0.4) is 0 Å². The van der Waals surface area contributed by atoms with Gasteiger partial charge in [0.05, 0.1) is 19.1 Å². The molecule has 162 valence electrons. The molecule has 7 nitrogen and oxygen atoms in total. The van der Waals surface area contributed by atoms with Crippen LogP contribution in [0, 0.1) is 5.82 Å². The summed E-state index contributed by atoms with van der Waals surface area (Å²) in [5.41, 5.74) is 0.836. The third kappa shape index (κ3) is 5.48. The average molecular weight is 437 g/mol. The van der Waals surface area contributed by atoms with Crippen LogP contribution in [0.25, 0.3) is 0 Å². The summed E-state index contributed by atoms with van der Waals surface area (Å²) in [7, 11) is -0.915. The standard InChI is InChI=1S/C21H25FN2O5S/c1-28-19-10-9-18(13-20(19)29-2)30(26,27)23-12-11-21(25)24(17-7-8-17)14-15-3-5-16(22)6-4-15/h3-6,9-10,13,17,23H,7-8,11-12,14H2,1-2H3. The fraction of sp³-hybridized carbons (Fsp3) is 0.381. The van der Waals surface area contributed by atoms with Gasteiger partial charge in [0.2, 0.25) is 15.9 Å². The normalized spacial score (nSPS) is 13.7. The zero-order valence-electron chi connectivity index (χ0n) is 16.9. The van der Waals surface area contributed by atoms with Gasteiger partial charge in [-0.05, 0) is 42.7 Å². The molecule has 2 aromatic rings. The summed E-state index contributed by atoms with van der Waals surface area (Å²) in [6.07, 6.45) is 1.87. The molecule has 0 radical (unpaired) electrons. The van der Waals surface area contributed by atoms with Gasteiger partial charge in [-0.25, -0.2) is 17.5 Å². The minimum Gasteiger partial charge on any atom is -0.493 e. The van der Waals surface area contributed by atoms with Crippen molar-refractivity contribution in [3.8, 4) is 11.5 Å². The van der Waals surface area contributed by atoms with E-state index in [0.29, 0.717) is 18.0 Å². The Morgan fingerprint density at radius 2 is 1.77 bits per heavy atom. The van der Waals surface area contributed by atoms with Crippen LogP contribution in [-0.4, -0.2) is 46.0 Å². The number of nitrogens with zero attached hydrogens (tertiary/aromatic N) is 1. The highest BCUT2D eigenvalue weighted by atomic mass is 32.2. The molecule has 1 aliphatic carbocycles. The smallest absolute Gasteiger partial charge is 0.240 e. The SMILES string of the molecule is COc1ccc(S(=O)(=O)NCCC(=O)N(Cc2ccc(F)cc2)C2CC2)cc1OC. The van der Waals surface area contributed by atoms with Crippen molar-refractivity contribution in [2.24, 2.45) is 0 Å². The third-order valence-electron chi connectivity index (χ3n) is 4.87. The molecular formula is C21H25FN2O5S. The van der Waals surface area contributed by atoms with E-state index in [-0.39, 0.29) is 35.6 Å². The third-order valence-corrected chi connectivity index (χ3v) is 6.33. The number of hydrogen-bond acceptors (Lipinski definition) is 5. The zero-order chi connectivity index (χ0) is 21.7. The Hall–Kier alpha value is -2.65. The lowest BCUT2D eigenvalue weighted by atomic mass is 10.2. The largest absolute Gasteiger partial charge is 0.493 e. The summed E-state index contributed by atoms with van der Waals surface area (Å²) in [6, 6.07) is 10.5. The maximum absolute atomic E-state index is 13.1. The van der Waals surface area contributed by atoms with Crippen LogP contribution in [0.15, 0.2) is 47.4 Å². The molecule has 0 bridgehead atoms. The van der Waals surface area contributed by atoms with Gasteiger partial charge in [0.1, 0.15) is 5.82 Å². The Balaban J connectivity index is 1.60. The summed E-state index contributed by atoms with van der Waals surface area (Å²) >= 11 is 0. The lowest BCUT2D eigenvalue weighted by molar-refractivity contribution is -0.132. The molecule has 0 heterocycles. The van der Waals surface area contributed by atoms with Crippen LogP contribution in [0.2, 0.25) is 0 Å². The van der Waals surface area contributed by atoms with Crippen LogP contribution < -0.4 is 14.2 Å². The molecule has 1 saturated carbocycles. The summed E-state index contributed by atoms with van der Waals surface area (Å²) in [4.78, 5) is 14.4. The number of ether oxygens (including phenoxy) is 2. The van der Waals surface area contributed by atoms with E-state index in [9.17, 15) is 17.6 Å². The topological polar surface area (TPSA) is 84.9 Å². The van der Waals surface area contributed by atoms with Crippen molar-refractivity contribution in [2.45, 2.75) is 36.7 Å². The highest BCUT2D eigenvalue weighted by Gasteiger charge is 2.32. The Bertz CT molecular complexity index is 991. The van der Waals surface area contributed by atoms with Gasteiger partial charge in [-0.3, -0.25) is 4.79 Å². The van der Waals surface area contributed by atoms with E-state index in [1.54, 1.807) is 17.0 Å². The minimum absolute atomic E-state index is 0.0256. The average Bonchev–Trinajstić information content (AvgIpc) is 3.57. The van der Waals surface area contributed by atoms with Gasteiger partial charge in [-0.1, -0.05) is 12.1 Å². The van der Waals surface area contributed by atoms with Gasteiger partial charge in [0.25, 0.3) is 0 Å². The number of amides is 1. The molecular weight excluding hydrogens is 411 g/mol. The van der Waals surface area contributed by atoms with E-state index < -0.39 is 10.0 Å². The highest BCUT2D eigenvalue weighted by Crippen LogP contribution is 2.30. The molecule has 0 atom stereocenters. The molecule has 3 rings (SSSR count). The first-order chi connectivity index (χ1) is 14.3. The Morgan fingerprint density at radius 1 is 1.10 bits per heavy atom. The van der Waals surface area contributed by atoms with Crippen LogP contribution in [0.5, 0.6) is 11.5 Å². The summed E-state index contributed by atoms with van der Waals surface area (Å²) in [5, 5.41) is 0. The lowest BCUT2D eigenvalue weighted by Crippen LogP contribution is -2.35. The van der Waals surface area contributed by atoms with Crippen LogP contribution in [-0.2, 0) is 21.4 Å². The number of carbonyl (C=O) groups is 1. The predicted octanol–water partition coefficient (Wildman–Crippen LogP) is 2.70. The zero-order valence-corrected chi connectivity index (χ0v) is 17.7. The second kappa shape index (κ2) is 9.44. The van der Waals surface area contributed by atoms with Crippen LogP contribution in [0.4, 0.5) is 4.39 Å². The summed E-state index contributed by atoms with van der Waals surface area (Å²) < 4.78 is 50.9. The van der Waals surface area contributed by atoms with Gasteiger partial charge in [0.15, 0.2) is 11.5 Å². The van der Waals surface area contributed by atoms with Crippen molar-refractivity contribution in [1.82, 2.24) is 9.62 Å². The molecule has 1 amide bonds. The number of carbonyl (C=O) groups excluding carboxylic acids is 1. The minimum atomic E-state index is -3.81. The van der Waals surface area contributed by atoms with Gasteiger partial charge in [0, 0.05) is 31.6 Å². The number of methoxy groups -OCH3 is 2. The molecule has 1 fully saturated rings. The Morgan fingerprint density at radius 3 is 2.37 bits per heavy atom. The maximum Gasteiger partial charge on any atom is 0.240 e. The molecule has 0 aromatic heterocycles. The van der Waals surface area contributed by atoms with Crippen molar-refractivity contribution in [2.75, 3.05) is 20.8 Å². The molecule has 0 saturated heterocycles. The van der Waals surface area contributed by atoms with Gasteiger partial charge in [-0.2, -0.15) is 0 Å². The first kappa shape index (κ1) is 22.0. The molecule has 0 aliphatic heterocycles. The fourth-order valence-electron chi connectivity index (χ4n) is 3.10. The predicted molar refractivity (Wildman–Crippen MR) is 109 cm³/mol. The molecule has 30 heavy (non-hydrogen) atoms. The molecule has 9 heteroatoms. The molecule has 1 N–H and O–H groups in total. The number of hydrogen-bond donors (Lipinski definition) is 1. The quantitative estimate of drug-likeness (QED) is 0.619. The molecule has 0 unspecified atom stereocenters. The van der Waals surface area contributed by atoms with Crippen molar-refractivity contribution in [3.63, 3.8) is 0 Å². The van der Waals surface area contributed by atoms with Crippen LogP contribution >= 0.6 is 0 Å². The van der Waals surface area contributed by atoms with E-state index in [1.807, 2.05) is 0 Å². The second-order valence-electron chi connectivity index (χ2n) is 7.04. The number of nitrogens with one attached hydrogen (secondary N) is 1. The first-order valence-corrected chi connectivity index (χ1v) is 11.1. The van der Waals surface area contributed by atoms with E-state index in [1.165, 1.54) is 44.6 Å². The van der Waals surface area contributed by atoms with Crippen molar-refractivity contribution >= 4 is 15.9 Å². The van der Waals surface area contributed by atoms with Crippen molar-refractivity contribution in [3.05, 3.63) is 53.8 Å². The first-order valence-electron chi connectivity index (χ1n) is 9.59. The monoisotopic (exact) mass is 436 g/mol. The van der Waals surface area contributed by atoms with Crippen molar-refractivity contribution in [1.29, 1.82) is 0 Å². The van der Waals surface area contributed by atoms with Gasteiger partial charge < -0.3 is 14.4 Å². The van der Waals surface area contributed by atoms with Crippen molar-refractivity contribution < 1.29 is 27.1 Å². The second-order valence-corrected chi connectivity index (χ2v) is 8.81. The summed E-state index contributed by atoms with van der Waals surface area (Å²) in [6.45, 7) is 0.356. The highest BCUT2D eigenvalue weighted by molar-refractivity contribution is 7.89. The van der Waals surface area contributed by atoms with E-state index in [2.05, 4.69) is 4.72 Å². The molecule has 0 spiro atoms. The number of halogens is 1. The van der Waals surface area contributed by atoms with Gasteiger partial charge in [-0.15, -0.1) is 0 Å². The lowest BCUT2D eigenvalue weighted by Gasteiger charge is -2.23. The molecule has 2 aromatic carbocycles. The van der Waals surface area contributed by atoms with E-state index >= 15 is 0 Å². The van der Waals surface area contributed by atoms with Crippen LogP contribution in [0.1, 0.15) is 24.8 Å². The van der Waals surface area contributed by atoms with E-state index in [0.717, 1.165) is 18.4 Å². The van der Waals surface area contributed by atoms with E-state index in [4.69, 9.17) is 9.47 Å². The number of benzene rings is 2. The number of sulfonamides is 1. The Labute approximate surface area is 175 Å². The maximum atomic E-state index is 13.1. The number of rotatable bonds is 10. The molecule has 1 aliphatic rings. The summed E-state index contributed by atoms with van der Waals surface area (Å²) in [5.74, 6) is 0.257. The fourth-order valence-corrected chi connectivity index (χ4v) is 4.14. The Kier molecular flexibility index (Phi) is 6.94.